The minimum Gasteiger partial charge on any atom is -0.309 e. The van der Waals surface area contributed by atoms with Gasteiger partial charge in [0.15, 0.2) is 0 Å². The number of piperidine rings is 1. The van der Waals surface area contributed by atoms with Gasteiger partial charge in [-0.05, 0) is 11.6 Å². The molecular formula is C11H13BrClF2N. The zero-order valence-corrected chi connectivity index (χ0v) is 11.0. The summed E-state index contributed by atoms with van der Waals surface area (Å²) in [4.78, 5) is 0. The van der Waals surface area contributed by atoms with Crippen LogP contribution in [0.3, 0.4) is 0 Å². The lowest BCUT2D eigenvalue weighted by Gasteiger charge is -2.30. The molecule has 16 heavy (non-hydrogen) atoms. The van der Waals surface area contributed by atoms with Crippen LogP contribution in [0.1, 0.15) is 24.4 Å². The normalized spacial score (nSPS) is 23.6. The molecule has 2 rings (SSSR count). The standard InChI is InChI=1S/C11H12BrF2N.ClH/c12-9-4-2-1-3-8(9)10-7-11(13,14)5-6-15-10;/h1-4,10,15H,5-7H2;1H. The topological polar surface area (TPSA) is 12.0 Å². The van der Waals surface area contributed by atoms with Crippen LogP contribution in [0.15, 0.2) is 28.7 Å². The van der Waals surface area contributed by atoms with Crippen LogP contribution < -0.4 is 5.32 Å². The molecular weight excluding hydrogens is 299 g/mol. The predicted molar refractivity (Wildman–Crippen MR) is 66.3 cm³/mol. The van der Waals surface area contributed by atoms with Gasteiger partial charge in [0, 0.05) is 29.9 Å². The summed E-state index contributed by atoms with van der Waals surface area (Å²) in [5.74, 6) is -2.54. The van der Waals surface area contributed by atoms with E-state index in [0.29, 0.717) is 6.54 Å². The summed E-state index contributed by atoms with van der Waals surface area (Å²) in [5, 5.41) is 3.12. The van der Waals surface area contributed by atoms with Crippen molar-refractivity contribution in [2.24, 2.45) is 0 Å². The fraction of sp³-hybridized carbons (Fsp3) is 0.455. The summed E-state index contributed by atoms with van der Waals surface area (Å²) in [6, 6.07) is 7.26. The Bertz CT molecular complexity index is 360. The highest BCUT2D eigenvalue weighted by Gasteiger charge is 2.36. The highest BCUT2D eigenvalue weighted by Crippen LogP contribution is 2.36. The van der Waals surface area contributed by atoms with E-state index in [9.17, 15) is 8.78 Å². The first kappa shape index (κ1) is 13.9. The van der Waals surface area contributed by atoms with E-state index in [1.165, 1.54) is 0 Å². The fourth-order valence-electron chi connectivity index (χ4n) is 1.88. The SMILES string of the molecule is Cl.FC1(F)CCNC(c2ccccc2Br)C1. The summed E-state index contributed by atoms with van der Waals surface area (Å²) in [6.07, 6.45) is -0.177. The Morgan fingerprint density at radius 2 is 2.00 bits per heavy atom. The molecule has 1 unspecified atom stereocenters. The lowest BCUT2D eigenvalue weighted by Crippen LogP contribution is -2.38. The lowest BCUT2D eigenvalue weighted by atomic mass is 9.95. The summed E-state index contributed by atoms with van der Waals surface area (Å²) < 4.78 is 27.3. The molecule has 0 amide bonds. The summed E-state index contributed by atoms with van der Waals surface area (Å²) in [7, 11) is 0. The van der Waals surface area contributed by atoms with Gasteiger partial charge < -0.3 is 5.32 Å². The van der Waals surface area contributed by atoms with E-state index in [1.54, 1.807) is 0 Å². The van der Waals surface area contributed by atoms with Gasteiger partial charge in [-0.1, -0.05) is 34.1 Å². The molecule has 90 valence electrons. The first-order valence-electron chi connectivity index (χ1n) is 4.94. The molecule has 1 heterocycles. The van der Waals surface area contributed by atoms with Crippen molar-refractivity contribution in [1.29, 1.82) is 0 Å². The van der Waals surface area contributed by atoms with Crippen molar-refractivity contribution in [3.8, 4) is 0 Å². The van der Waals surface area contributed by atoms with Crippen LogP contribution in [0, 0.1) is 0 Å². The van der Waals surface area contributed by atoms with Crippen LogP contribution in [-0.4, -0.2) is 12.5 Å². The Kier molecular flexibility index (Phi) is 4.71. The highest BCUT2D eigenvalue weighted by molar-refractivity contribution is 9.10. The maximum atomic E-state index is 13.2. The first-order valence-corrected chi connectivity index (χ1v) is 5.73. The van der Waals surface area contributed by atoms with Gasteiger partial charge in [0.05, 0.1) is 0 Å². The molecule has 1 aromatic rings. The number of nitrogens with one attached hydrogen (secondary N) is 1. The number of alkyl halides is 2. The van der Waals surface area contributed by atoms with Crippen molar-refractivity contribution in [2.75, 3.05) is 6.54 Å². The molecule has 1 aromatic carbocycles. The molecule has 1 saturated heterocycles. The number of hydrogen-bond donors (Lipinski definition) is 1. The second-order valence-corrected chi connectivity index (χ2v) is 4.69. The Balaban J connectivity index is 0.00000128. The molecule has 1 fully saturated rings. The molecule has 1 atom stereocenters. The van der Waals surface area contributed by atoms with Gasteiger partial charge in [-0.3, -0.25) is 0 Å². The van der Waals surface area contributed by atoms with Crippen LogP contribution in [0.4, 0.5) is 8.78 Å². The summed E-state index contributed by atoms with van der Waals surface area (Å²) >= 11 is 3.38. The van der Waals surface area contributed by atoms with Gasteiger partial charge in [-0.2, -0.15) is 0 Å². The molecule has 0 spiro atoms. The molecule has 1 aliphatic rings. The van der Waals surface area contributed by atoms with Gasteiger partial charge in [0.25, 0.3) is 5.92 Å². The van der Waals surface area contributed by atoms with Gasteiger partial charge in [-0.15, -0.1) is 12.4 Å². The minimum absolute atomic E-state index is 0. The Morgan fingerprint density at radius 3 is 2.62 bits per heavy atom. The second kappa shape index (κ2) is 5.43. The van der Waals surface area contributed by atoms with Crippen molar-refractivity contribution in [3.63, 3.8) is 0 Å². The molecule has 0 aromatic heterocycles. The van der Waals surface area contributed by atoms with E-state index < -0.39 is 5.92 Å². The monoisotopic (exact) mass is 311 g/mol. The Hall–Kier alpha value is -0.190. The number of benzene rings is 1. The molecule has 0 bridgehead atoms. The molecule has 0 saturated carbocycles. The van der Waals surface area contributed by atoms with Crippen molar-refractivity contribution in [3.05, 3.63) is 34.3 Å². The third-order valence-corrected chi connectivity index (χ3v) is 3.39. The van der Waals surface area contributed by atoms with E-state index in [0.717, 1.165) is 10.0 Å². The predicted octanol–water partition coefficient (Wildman–Crippen LogP) is 3.93. The molecule has 0 aliphatic carbocycles. The van der Waals surface area contributed by atoms with E-state index >= 15 is 0 Å². The maximum absolute atomic E-state index is 13.2. The maximum Gasteiger partial charge on any atom is 0.251 e. The van der Waals surface area contributed by atoms with Crippen LogP contribution in [-0.2, 0) is 0 Å². The number of hydrogen-bond acceptors (Lipinski definition) is 1. The van der Waals surface area contributed by atoms with E-state index in [-0.39, 0.29) is 31.3 Å². The van der Waals surface area contributed by atoms with Crippen LogP contribution in [0.25, 0.3) is 0 Å². The minimum atomic E-state index is -2.54. The summed E-state index contributed by atoms with van der Waals surface area (Å²) in [6.45, 7) is 0.374. The first-order chi connectivity index (χ1) is 7.08. The smallest absolute Gasteiger partial charge is 0.251 e. The number of rotatable bonds is 1. The number of halogens is 4. The van der Waals surface area contributed by atoms with Crippen molar-refractivity contribution in [1.82, 2.24) is 5.32 Å². The van der Waals surface area contributed by atoms with Crippen molar-refractivity contribution in [2.45, 2.75) is 24.8 Å². The average molecular weight is 313 g/mol. The van der Waals surface area contributed by atoms with Crippen molar-refractivity contribution >= 4 is 28.3 Å². The molecule has 1 N–H and O–H groups in total. The van der Waals surface area contributed by atoms with Crippen LogP contribution in [0.5, 0.6) is 0 Å². The molecule has 0 radical (unpaired) electrons. The zero-order valence-electron chi connectivity index (χ0n) is 8.55. The van der Waals surface area contributed by atoms with Crippen molar-refractivity contribution < 1.29 is 8.78 Å². The lowest BCUT2D eigenvalue weighted by molar-refractivity contribution is -0.0416. The molecule has 5 heteroatoms. The molecule has 1 nitrogen and oxygen atoms in total. The second-order valence-electron chi connectivity index (χ2n) is 3.84. The van der Waals surface area contributed by atoms with E-state index in [1.807, 2.05) is 24.3 Å². The quantitative estimate of drug-likeness (QED) is 0.828. The highest BCUT2D eigenvalue weighted by atomic mass is 79.9. The largest absolute Gasteiger partial charge is 0.309 e. The Morgan fingerprint density at radius 1 is 1.31 bits per heavy atom. The summed E-state index contributed by atoms with van der Waals surface area (Å²) in [5.41, 5.74) is 0.914. The van der Waals surface area contributed by atoms with Gasteiger partial charge in [0.1, 0.15) is 0 Å². The van der Waals surface area contributed by atoms with E-state index in [2.05, 4.69) is 21.2 Å². The third-order valence-electron chi connectivity index (χ3n) is 2.66. The van der Waals surface area contributed by atoms with Crippen LogP contribution in [0.2, 0.25) is 0 Å². The van der Waals surface area contributed by atoms with E-state index in [4.69, 9.17) is 0 Å². The fourth-order valence-corrected chi connectivity index (χ4v) is 2.44. The average Bonchev–Trinajstić information content (AvgIpc) is 2.17. The zero-order chi connectivity index (χ0) is 10.9. The van der Waals surface area contributed by atoms with Gasteiger partial charge in [0.2, 0.25) is 0 Å². The molecule has 1 aliphatic heterocycles. The van der Waals surface area contributed by atoms with Gasteiger partial charge >= 0.3 is 0 Å². The Labute approximate surface area is 108 Å². The third kappa shape index (κ3) is 3.15. The van der Waals surface area contributed by atoms with Crippen LogP contribution >= 0.6 is 28.3 Å². The van der Waals surface area contributed by atoms with Gasteiger partial charge in [-0.25, -0.2) is 8.78 Å².